The molecule has 1 aromatic heterocycles. The topological polar surface area (TPSA) is 16.1 Å². The van der Waals surface area contributed by atoms with Gasteiger partial charge in [0.15, 0.2) is 0 Å². The van der Waals surface area contributed by atoms with Crippen molar-refractivity contribution in [1.82, 2.24) is 9.88 Å². The summed E-state index contributed by atoms with van der Waals surface area (Å²) in [4.78, 5) is 6.98. The van der Waals surface area contributed by atoms with Crippen LogP contribution in [0.5, 0.6) is 0 Å². The van der Waals surface area contributed by atoms with E-state index in [0.717, 1.165) is 36.2 Å². The van der Waals surface area contributed by atoms with Crippen molar-refractivity contribution in [2.75, 3.05) is 13.1 Å². The maximum atomic E-state index is 13.2. The van der Waals surface area contributed by atoms with E-state index in [1.165, 1.54) is 31.4 Å². The molecule has 0 radical (unpaired) electrons. The maximum absolute atomic E-state index is 13.2. The van der Waals surface area contributed by atoms with Crippen LogP contribution in [0.1, 0.15) is 25.0 Å². The average molecular weight is 244 g/mol. The number of nitrogens with zero attached hydrogens (tertiary/aromatic N) is 2. The molecule has 0 aliphatic carbocycles. The normalized spacial score (nSPS) is 17.2. The predicted octanol–water partition coefficient (Wildman–Crippen LogP) is 3.36. The summed E-state index contributed by atoms with van der Waals surface area (Å²) >= 11 is 0. The minimum absolute atomic E-state index is 0.217. The summed E-state index contributed by atoms with van der Waals surface area (Å²) < 4.78 is 13.2. The molecule has 0 atom stereocenters. The molecule has 0 unspecified atom stereocenters. The lowest BCUT2D eigenvalue weighted by Gasteiger charge is -2.25. The Morgan fingerprint density at radius 3 is 2.67 bits per heavy atom. The SMILES string of the molecule is Fc1ccc2ccc(CN3CCCCC3)nc2c1. The van der Waals surface area contributed by atoms with Crippen LogP contribution in [0, 0.1) is 5.82 Å². The van der Waals surface area contributed by atoms with Crippen LogP contribution in [-0.4, -0.2) is 23.0 Å². The molecule has 1 aliphatic heterocycles. The molecular formula is C15H17FN2. The van der Waals surface area contributed by atoms with E-state index in [1.54, 1.807) is 6.07 Å². The number of hydrogen-bond donors (Lipinski definition) is 0. The van der Waals surface area contributed by atoms with Gasteiger partial charge in [-0.3, -0.25) is 9.88 Å². The average Bonchev–Trinajstić information content (AvgIpc) is 2.39. The van der Waals surface area contributed by atoms with Crippen LogP contribution < -0.4 is 0 Å². The predicted molar refractivity (Wildman–Crippen MR) is 70.8 cm³/mol. The van der Waals surface area contributed by atoms with Crippen LogP contribution >= 0.6 is 0 Å². The van der Waals surface area contributed by atoms with Crippen molar-refractivity contribution >= 4 is 10.9 Å². The highest BCUT2D eigenvalue weighted by Crippen LogP contribution is 2.16. The number of likely N-dealkylation sites (tertiary alicyclic amines) is 1. The zero-order valence-corrected chi connectivity index (χ0v) is 10.4. The molecule has 2 heterocycles. The highest BCUT2D eigenvalue weighted by atomic mass is 19.1. The molecule has 1 aromatic carbocycles. The Morgan fingerprint density at radius 1 is 1.06 bits per heavy atom. The second kappa shape index (κ2) is 5.02. The fraction of sp³-hybridized carbons (Fsp3) is 0.400. The van der Waals surface area contributed by atoms with Gasteiger partial charge in [0.1, 0.15) is 5.82 Å². The van der Waals surface area contributed by atoms with Crippen molar-refractivity contribution in [3.05, 3.63) is 41.8 Å². The monoisotopic (exact) mass is 244 g/mol. The number of benzene rings is 1. The lowest BCUT2D eigenvalue weighted by molar-refractivity contribution is 0.219. The minimum atomic E-state index is -0.217. The quantitative estimate of drug-likeness (QED) is 0.805. The van der Waals surface area contributed by atoms with E-state index in [9.17, 15) is 4.39 Å². The van der Waals surface area contributed by atoms with Gasteiger partial charge >= 0.3 is 0 Å². The van der Waals surface area contributed by atoms with E-state index in [4.69, 9.17) is 0 Å². The molecule has 2 nitrogen and oxygen atoms in total. The van der Waals surface area contributed by atoms with E-state index >= 15 is 0 Å². The Kier molecular flexibility index (Phi) is 3.24. The van der Waals surface area contributed by atoms with Gasteiger partial charge in [0.25, 0.3) is 0 Å². The Hall–Kier alpha value is -1.48. The van der Waals surface area contributed by atoms with Crippen LogP contribution in [0.15, 0.2) is 30.3 Å². The second-order valence-corrected chi connectivity index (χ2v) is 4.98. The van der Waals surface area contributed by atoms with Crippen molar-refractivity contribution < 1.29 is 4.39 Å². The molecule has 3 heteroatoms. The van der Waals surface area contributed by atoms with E-state index in [1.807, 2.05) is 6.07 Å². The fourth-order valence-corrected chi connectivity index (χ4v) is 2.57. The Bertz CT molecular complexity index is 547. The lowest BCUT2D eigenvalue weighted by Crippen LogP contribution is -2.29. The lowest BCUT2D eigenvalue weighted by atomic mass is 10.1. The third-order valence-electron chi connectivity index (χ3n) is 3.55. The summed E-state index contributed by atoms with van der Waals surface area (Å²) in [5.41, 5.74) is 1.79. The van der Waals surface area contributed by atoms with Crippen LogP contribution in [-0.2, 0) is 6.54 Å². The number of hydrogen-bond acceptors (Lipinski definition) is 2. The number of aromatic nitrogens is 1. The molecule has 18 heavy (non-hydrogen) atoms. The van der Waals surface area contributed by atoms with Crippen LogP contribution in [0.25, 0.3) is 10.9 Å². The third-order valence-corrected chi connectivity index (χ3v) is 3.55. The second-order valence-electron chi connectivity index (χ2n) is 4.98. The van der Waals surface area contributed by atoms with Gasteiger partial charge in [0, 0.05) is 18.0 Å². The molecule has 0 spiro atoms. The van der Waals surface area contributed by atoms with Gasteiger partial charge in [-0.25, -0.2) is 4.39 Å². The number of piperidine rings is 1. The first-order chi connectivity index (χ1) is 8.81. The van der Waals surface area contributed by atoms with E-state index < -0.39 is 0 Å². The molecule has 0 amide bonds. The number of rotatable bonds is 2. The van der Waals surface area contributed by atoms with Crippen molar-refractivity contribution in [3.63, 3.8) is 0 Å². The van der Waals surface area contributed by atoms with Crippen LogP contribution in [0.4, 0.5) is 4.39 Å². The summed E-state index contributed by atoms with van der Waals surface area (Å²) in [6, 6.07) is 8.85. The van der Waals surface area contributed by atoms with Crippen LogP contribution in [0.2, 0.25) is 0 Å². The molecule has 2 aromatic rings. The van der Waals surface area contributed by atoms with Gasteiger partial charge < -0.3 is 0 Å². The molecule has 3 rings (SSSR count). The first-order valence-electron chi connectivity index (χ1n) is 6.59. The Labute approximate surface area is 106 Å². The summed E-state index contributed by atoms with van der Waals surface area (Å²) in [5.74, 6) is -0.217. The molecule has 94 valence electrons. The van der Waals surface area contributed by atoms with E-state index in [2.05, 4.69) is 16.0 Å². The Morgan fingerprint density at radius 2 is 1.83 bits per heavy atom. The highest BCUT2D eigenvalue weighted by Gasteiger charge is 2.11. The maximum Gasteiger partial charge on any atom is 0.125 e. The summed E-state index contributed by atoms with van der Waals surface area (Å²) in [6.45, 7) is 3.19. The van der Waals surface area contributed by atoms with Gasteiger partial charge in [-0.05, 0) is 44.1 Å². The van der Waals surface area contributed by atoms with Gasteiger partial charge in [0.2, 0.25) is 0 Å². The molecule has 0 bridgehead atoms. The van der Waals surface area contributed by atoms with Crippen molar-refractivity contribution in [2.45, 2.75) is 25.8 Å². The first-order valence-corrected chi connectivity index (χ1v) is 6.59. The largest absolute Gasteiger partial charge is 0.298 e. The summed E-state index contributed by atoms with van der Waals surface area (Å²) in [7, 11) is 0. The molecular weight excluding hydrogens is 227 g/mol. The van der Waals surface area contributed by atoms with Gasteiger partial charge in [0.05, 0.1) is 11.2 Å². The molecule has 0 N–H and O–H groups in total. The zero-order valence-electron chi connectivity index (χ0n) is 10.4. The van der Waals surface area contributed by atoms with Gasteiger partial charge in [-0.2, -0.15) is 0 Å². The highest BCUT2D eigenvalue weighted by molar-refractivity contribution is 5.78. The van der Waals surface area contributed by atoms with Gasteiger partial charge in [-0.15, -0.1) is 0 Å². The third kappa shape index (κ3) is 2.51. The van der Waals surface area contributed by atoms with Crippen LogP contribution in [0.3, 0.4) is 0 Å². The van der Waals surface area contributed by atoms with E-state index in [0.29, 0.717) is 0 Å². The fourth-order valence-electron chi connectivity index (χ4n) is 2.57. The molecule has 1 fully saturated rings. The molecule has 1 saturated heterocycles. The summed E-state index contributed by atoms with van der Waals surface area (Å²) in [6.07, 6.45) is 3.90. The number of fused-ring (bicyclic) bond motifs is 1. The zero-order chi connectivity index (χ0) is 12.4. The molecule has 0 saturated carbocycles. The van der Waals surface area contributed by atoms with E-state index in [-0.39, 0.29) is 5.82 Å². The first kappa shape index (κ1) is 11.6. The summed E-state index contributed by atoms with van der Waals surface area (Å²) in [5, 5.41) is 0.999. The smallest absolute Gasteiger partial charge is 0.125 e. The van der Waals surface area contributed by atoms with Crippen molar-refractivity contribution in [2.24, 2.45) is 0 Å². The number of halogens is 1. The molecule has 1 aliphatic rings. The van der Waals surface area contributed by atoms with Gasteiger partial charge in [-0.1, -0.05) is 12.5 Å². The standard InChI is InChI=1S/C15H17FN2/c16-13-6-4-12-5-7-14(17-15(12)10-13)11-18-8-2-1-3-9-18/h4-7,10H,1-3,8-9,11H2. The number of pyridine rings is 1. The Balaban J connectivity index is 1.83. The van der Waals surface area contributed by atoms with Crippen molar-refractivity contribution in [1.29, 1.82) is 0 Å². The van der Waals surface area contributed by atoms with Crippen molar-refractivity contribution in [3.8, 4) is 0 Å². The minimum Gasteiger partial charge on any atom is -0.298 e.